The smallest absolute Gasteiger partial charge is 0.207 e. The average molecular weight is 287 g/mol. The van der Waals surface area contributed by atoms with E-state index < -0.39 is 10.0 Å². The highest BCUT2D eigenvalue weighted by atomic mass is 32.2. The van der Waals surface area contributed by atoms with Crippen molar-refractivity contribution in [1.82, 2.24) is 4.31 Å². The maximum absolute atomic E-state index is 12.7. The van der Waals surface area contributed by atoms with Crippen LogP contribution in [0.2, 0.25) is 0 Å². The molecule has 0 N–H and O–H groups in total. The molecule has 4 heteroatoms. The van der Waals surface area contributed by atoms with Crippen molar-refractivity contribution >= 4 is 10.0 Å². The molecule has 0 bridgehead atoms. The van der Waals surface area contributed by atoms with Gasteiger partial charge < -0.3 is 0 Å². The van der Waals surface area contributed by atoms with Gasteiger partial charge in [0.05, 0.1) is 10.9 Å². The summed E-state index contributed by atoms with van der Waals surface area (Å²) in [6, 6.07) is 16.8. The zero-order valence-corrected chi connectivity index (χ0v) is 12.3. The molecule has 3 rings (SSSR count). The second-order valence-corrected chi connectivity index (χ2v) is 7.09. The molecule has 20 heavy (non-hydrogen) atoms. The van der Waals surface area contributed by atoms with Gasteiger partial charge in [0.25, 0.3) is 0 Å². The molecular weight excluding hydrogens is 270 g/mol. The molecular formula is C16H17NO2S. The predicted molar refractivity (Wildman–Crippen MR) is 78.9 cm³/mol. The van der Waals surface area contributed by atoms with Gasteiger partial charge >= 0.3 is 0 Å². The molecule has 1 aliphatic heterocycles. The summed E-state index contributed by atoms with van der Waals surface area (Å²) in [5.74, 6) is 0. The molecule has 0 fully saturated rings. The first-order chi connectivity index (χ1) is 9.53. The predicted octanol–water partition coefficient (Wildman–Crippen LogP) is 3.19. The van der Waals surface area contributed by atoms with E-state index in [-0.39, 0.29) is 12.1 Å². The fourth-order valence-corrected chi connectivity index (χ4v) is 4.89. The van der Waals surface area contributed by atoms with Gasteiger partial charge in [-0.05, 0) is 31.0 Å². The topological polar surface area (TPSA) is 37.4 Å². The van der Waals surface area contributed by atoms with Gasteiger partial charge in [0, 0.05) is 6.04 Å². The third-order valence-electron chi connectivity index (χ3n) is 3.65. The van der Waals surface area contributed by atoms with Gasteiger partial charge in [0.1, 0.15) is 0 Å². The number of hydrogen-bond donors (Lipinski definition) is 0. The molecule has 0 aliphatic carbocycles. The minimum absolute atomic E-state index is 0.0855. The lowest BCUT2D eigenvalue weighted by Crippen LogP contribution is -2.35. The van der Waals surface area contributed by atoms with E-state index in [1.807, 2.05) is 56.3 Å². The van der Waals surface area contributed by atoms with Gasteiger partial charge in [-0.25, -0.2) is 8.42 Å². The van der Waals surface area contributed by atoms with Gasteiger partial charge in [-0.1, -0.05) is 48.5 Å². The van der Waals surface area contributed by atoms with Crippen molar-refractivity contribution < 1.29 is 8.42 Å². The number of nitrogens with zero attached hydrogens (tertiary/aromatic N) is 1. The first-order valence-electron chi connectivity index (χ1n) is 6.71. The van der Waals surface area contributed by atoms with E-state index in [1.165, 1.54) is 0 Å². The van der Waals surface area contributed by atoms with E-state index in [0.29, 0.717) is 4.90 Å². The van der Waals surface area contributed by atoms with Gasteiger partial charge in [-0.2, -0.15) is 4.31 Å². The highest BCUT2D eigenvalue weighted by molar-refractivity contribution is 7.89. The van der Waals surface area contributed by atoms with Crippen molar-refractivity contribution in [2.45, 2.75) is 30.8 Å². The summed E-state index contributed by atoms with van der Waals surface area (Å²) in [7, 11) is -3.41. The van der Waals surface area contributed by atoms with E-state index in [9.17, 15) is 8.42 Å². The standard InChI is InChI=1S/C16H17NO2S/c1-12(2)17-16(13-8-4-3-5-9-13)14-10-6-7-11-15(14)20(17,18)19/h3-12,16H,1-2H3. The first kappa shape index (κ1) is 13.3. The maximum Gasteiger partial charge on any atom is 0.244 e. The van der Waals surface area contributed by atoms with Crippen LogP contribution in [0.4, 0.5) is 0 Å². The normalized spacial score (nSPS) is 21.1. The van der Waals surface area contributed by atoms with E-state index in [1.54, 1.807) is 16.4 Å². The molecule has 2 aromatic rings. The third kappa shape index (κ3) is 1.87. The van der Waals surface area contributed by atoms with Gasteiger partial charge in [0.2, 0.25) is 10.0 Å². The Labute approximate surface area is 119 Å². The average Bonchev–Trinajstić information content (AvgIpc) is 2.68. The molecule has 0 amide bonds. The van der Waals surface area contributed by atoms with Gasteiger partial charge in [-0.15, -0.1) is 0 Å². The number of sulfonamides is 1. The molecule has 1 unspecified atom stereocenters. The van der Waals surface area contributed by atoms with Crippen LogP contribution in [0, 0.1) is 0 Å². The van der Waals surface area contributed by atoms with Crippen LogP contribution >= 0.6 is 0 Å². The van der Waals surface area contributed by atoms with Crippen molar-refractivity contribution in [2.24, 2.45) is 0 Å². The maximum atomic E-state index is 12.7. The molecule has 0 aromatic heterocycles. The number of hydrogen-bond acceptors (Lipinski definition) is 2. The Bertz CT molecular complexity index is 723. The molecule has 1 aliphatic rings. The van der Waals surface area contributed by atoms with Crippen molar-refractivity contribution in [3.8, 4) is 0 Å². The number of fused-ring (bicyclic) bond motifs is 1. The van der Waals surface area contributed by atoms with E-state index in [2.05, 4.69) is 0 Å². The highest BCUT2D eigenvalue weighted by Gasteiger charge is 2.44. The Morgan fingerprint density at radius 2 is 1.55 bits per heavy atom. The molecule has 1 atom stereocenters. The fourth-order valence-electron chi connectivity index (χ4n) is 2.87. The number of rotatable bonds is 2. The molecule has 2 aromatic carbocycles. The van der Waals surface area contributed by atoms with Crippen LogP contribution < -0.4 is 0 Å². The lowest BCUT2D eigenvalue weighted by molar-refractivity contribution is 0.322. The largest absolute Gasteiger partial charge is 0.244 e. The summed E-state index contributed by atoms with van der Waals surface area (Å²) in [5.41, 5.74) is 1.88. The summed E-state index contributed by atoms with van der Waals surface area (Å²) in [6.45, 7) is 3.83. The monoisotopic (exact) mass is 287 g/mol. The molecule has 3 nitrogen and oxygen atoms in total. The minimum Gasteiger partial charge on any atom is -0.207 e. The Morgan fingerprint density at radius 1 is 0.950 bits per heavy atom. The quantitative estimate of drug-likeness (QED) is 0.850. The summed E-state index contributed by atoms with van der Waals surface area (Å²) in [6.07, 6.45) is 0. The summed E-state index contributed by atoms with van der Waals surface area (Å²) >= 11 is 0. The van der Waals surface area contributed by atoms with E-state index in [4.69, 9.17) is 0 Å². The SMILES string of the molecule is CC(C)N1C(c2ccccc2)c2ccccc2S1(=O)=O. The summed E-state index contributed by atoms with van der Waals surface area (Å²) in [4.78, 5) is 0.433. The molecule has 0 spiro atoms. The minimum atomic E-state index is -3.41. The summed E-state index contributed by atoms with van der Waals surface area (Å²) in [5, 5.41) is 0. The molecule has 0 saturated heterocycles. The van der Waals surface area contributed by atoms with E-state index >= 15 is 0 Å². The zero-order chi connectivity index (χ0) is 14.3. The van der Waals surface area contributed by atoms with Crippen LogP contribution in [0.25, 0.3) is 0 Å². The lowest BCUT2D eigenvalue weighted by Gasteiger charge is -2.27. The molecule has 0 radical (unpaired) electrons. The Kier molecular flexibility index (Phi) is 3.15. The lowest BCUT2D eigenvalue weighted by atomic mass is 9.98. The molecule has 0 saturated carbocycles. The van der Waals surface area contributed by atoms with Crippen LogP contribution in [-0.2, 0) is 10.0 Å². The van der Waals surface area contributed by atoms with Crippen molar-refractivity contribution in [3.63, 3.8) is 0 Å². The van der Waals surface area contributed by atoms with Crippen LogP contribution in [0.15, 0.2) is 59.5 Å². The van der Waals surface area contributed by atoms with Crippen molar-refractivity contribution in [2.75, 3.05) is 0 Å². The second kappa shape index (κ2) is 4.72. The van der Waals surface area contributed by atoms with Gasteiger partial charge in [-0.3, -0.25) is 0 Å². The fraction of sp³-hybridized carbons (Fsp3) is 0.250. The van der Waals surface area contributed by atoms with E-state index in [0.717, 1.165) is 11.1 Å². The summed E-state index contributed by atoms with van der Waals surface area (Å²) < 4.78 is 27.1. The zero-order valence-electron chi connectivity index (χ0n) is 11.5. The second-order valence-electron chi connectivity index (χ2n) is 5.28. The highest BCUT2D eigenvalue weighted by Crippen LogP contribution is 2.44. The Morgan fingerprint density at radius 3 is 2.20 bits per heavy atom. The number of benzene rings is 2. The third-order valence-corrected chi connectivity index (χ3v) is 5.76. The van der Waals surface area contributed by atoms with Crippen molar-refractivity contribution in [1.29, 1.82) is 0 Å². The van der Waals surface area contributed by atoms with Crippen LogP contribution in [-0.4, -0.2) is 18.8 Å². The van der Waals surface area contributed by atoms with Crippen molar-refractivity contribution in [3.05, 3.63) is 65.7 Å². The first-order valence-corrected chi connectivity index (χ1v) is 8.15. The molecule has 104 valence electrons. The van der Waals surface area contributed by atoms with Crippen LogP contribution in [0.5, 0.6) is 0 Å². The van der Waals surface area contributed by atoms with Gasteiger partial charge in [0.15, 0.2) is 0 Å². The van der Waals surface area contributed by atoms with Crippen LogP contribution in [0.1, 0.15) is 31.0 Å². The van der Waals surface area contributed by atoms with Crippen LogP contribution in [0.3, 0.4) is 0 Å². The Balaban J connectivity index is 2.27. The Hall–Kier alpha value is -1.65. The molecule has 1 heterocycles.